The number of hydrogen-bond acceptors (Lipinski definition) is 4. The number of rotatable bonds is 9. The number of anilines is 1. The average molecular weight is 345 g/mol. The third kappa shape index (κ3) is 5.38. The molecule has 6 heteroatoms. The van der Waals surface area contributed by atoms with E-state index in [1.165, 1.54) is 0 Å². The zero-order valence-corrected chi connectivity index (χ0v) is 14.5. The Morgan fingerprint density at radius 1 is 1.16 bits per heavy atom. The van der Waals surface area contributed by atoms with Crippen molar-refractivity contribution in [3.8, 4) is 5.75 Å². The normalized spacial score (nSPS) is 10.5. The lowest BCUT2D eigenvalue weighted by Crippen LogP contribution is -2.10. The van der Waals surface area contributed by atoms with Crippen LogP contribution in [0.1, 0.15) is 48.6 Å². The van der Waals surface area contributed by atoms with Crippen molar-refractivity contribution < 1.29 is 23.8 Å². The van der Waals surface area contributed by atoms with Crippen LogP contribution in [0.4, 0.5) is 5.69 Å². The Balaban J connectivity index is 1.91. The molecule has 0 aliphatic rings. The van der Waals surface area contributed by atoms with E-state index in [-0.39, 0.29) is 12.3 Å². The van der Waals surface area contributed by atoms with E-state index in [9.17, 15) is 9.59 Å². The van der Waals surface area contributed by atoms with Gasteiger partial charge in [-0.2, -0.15) is 0 Å². The second-order valence-corrected chi connectivity index (χ2v) is 5.59. The zero-order valence-electron chi connectivity index (χ0n) is 14.5. The summed E-state index contributed by atoms with van der Waals surface area (Å²) in [6, 6.07) is 8.71. The summed E-state index contributed by atoms with van der Waals surface area (Å²) in [7, 11) is 0. The molecular formula is C19H23NO5. The molecule has 0 atom stereocenters. The van der Waals surface area contributed by atoms with Crippen molar-refractivity contribution in [2.45, 2.75) is 39.5 Å². The summed E-state index contributed by atoms with van der Waals surface area (Å²) in [5.74, 6) is 0.657. The largest absolute Gasteiger partial charge is 0.494 e. The molecule has 0 aliphatic carbocycles. The predicted octanol–water partition coefficient (Wildman–Crippen LogP) is 3.90. The fourth-order valence-corrected chi connectivity index (χ4v) is 2.42. The molecule has 0 fully saturated rings. The summed E-state index contributed by atoms with van der Waals surface area (Å²) in [6.07, 6.45) is 2.11. The Hall–Kier alpha value is -2.76. The van der Waals surface area contributed by atoms with Crippen LogP contribution in [-0.2, 0) is 17.6 Å². The zero-order chi connectivity index (χ0) is 18.2. The molecule has 1 aromatic heterocycles. The number of carboxylic acid groups (broad SMARTS) is 1. The van der Waals surface area contributed by atoms with Gasteiger partial charge in [-0.3, -0.25) is 9.59 Å². The molecule has 2 N–H and O–H groups in total. The van der Waals surface area contributed by atoms with E-state index in [1.54, 1.807) is 30.3 Å². The molecule has 134 valence electrons. The number of carboxylic acids is 1. The monoisotopic (exact) mass is 345 g/mol. The van der Waals surface area contributed by atoms with Crippen molar-refractivity contribution in [3.05, 3.63) is 47.4 Å². The minimum atomic E-state index is -0.836. The second-order valence-electron chi connectivity index (χ2n) is 5.59. The fourth-order valence-electron chi connectivity index (χ4n) is 2.42. The van der Waals surface area contributed by atoms with Crippen molar-refractivity contribution in [2.24, 2.45) is 0 Å². The maximum Gasteiger partial charge on any atom is 0.303 e. The first-order chi connectivity index (χ1) is 12.0. The van der Waals surface area contributed by atoms with Gasteiger partial charge in [-0.05, 0) is 48.7 Å². The van der Waals surface area contributed by atoms with Crippen molar-refractivity contribution >= 4 is 17.6 Å². The second kappa shape index (κ2) is 8.92. The number of carbonyl (C=O) groups is 2. The molecule has 25 heavy (non-hydrogen) atoms. The van der Waals surface area contributed by atoms with Gasteiger partial charge in [0, 0.05) is 18.5 Å². The van der Waals surface area contributed by atoms with Crippen molar-refractivity contribution in [1.29, 1.82) is 0 Å². The summed E-state index contributed by atoms with van der Waals surface area (Å²) in [6.45, 7) is 4.36. The smallest absolute Gasteiger partial charge is 0.303 e. The van der Waals surface area contributed by atoms with E-state index in [2.05, 4.69) is 5.32 Å². The highest BCUT2D eigenvalue weighted by Crippen LogP contribution is 2.20. The van der Waals surface area contributed by atoms with Gasteiger partial charge in [0.05, 0.1) is 6.61 Å². The molecule has 2 aromatic rings. The Morgan fingerprint density at radius 2 is 1.88 bits per heavy atom. The molecule has 0 aliphatic heterocycles. The van der Waals surface area contributed by atoms with Gasteiger partial charge in [-0.1, -0.05) is 13.8 Å². The first kappa shape index (κ1) is 18.6. The van der Waals surface area contributed by atoms with Crippen molar-refractivity contribution in [2.75, 3.05) is 11.9 Å². The third-order valence-corrected chi connectivity index (χ3v) is 3.74. The lowest BCUT2D eigenvalue weighted by molar-refractivity contribution is -0.137. The minimum Gasteiger partial charge on any atom is -0.494 e. The number of nitrogens with one attached hydrogen (secondary N) is 1. The van der Waals surface area contributed by atoms with Crippen LogP contribution in [0.3, 0.4) is 0 Å². The number of amides is 1. The first-order valence-electron chi connectivity index (χ1n) is 8.41. The summed E-state index contributed by atoms with van der Waals surface area (Å²) in [5.41, 5.74) is 1.69. The summed E-state index contributed by atoms with van der Waals surface area (Å²) in [4.78, 5) is 22.7. The number of hydrogen-bond donors (Lipinski definition) is 2. The van der Waals surface area contributed by atoms with Gasteiger partial charge < -0.3 is 19.6 Å². The third-order valence-electron chi connectivity index (χ3n) is 3.74. The molecule has 1 aromatic carbocycles. The lowest BCUT2D eigenvalue weighted by Gasteiger charge is -2.07. The number of benzene rings is 1. The Morgan fingerprint density at radius 3 is 2.44 bits per heavy atom. The van der Waals surface area contributed by atoms with E-state index in [1.807, 2.05) is 13.8 Å². The lowest BCUT2D eigenvalue weighted by atomic mass is 10.1. The van der Waals surface area contributed by atoms with E-state index in [0.29, 0.717) is 30.2 Å². The Kier molecular flexibility index (Phi) is 6.62. The highest BCUT2D eigenvalue weighted by Gasteiger charge is 2.15. The molecule has 1 heterocycles. The van der Waals surface area contributed by atoms with Crippen LogP contribution in [-0.4, -0.2) is 23.6 Å². The molecule has 1 amide bonds. The van der Waals surface area contributed by atoms with Gasteiger partial charge in [0.25, 0.3) is 5.91 Å². The van der Waals surface area contributed by atoms with Crippen LogP contribution in [0.5, 0.6) is 5.75 Å². The number of carbonyl (C=O) groups excluding carboxylic acids is 1. The molecule has 2 rings (SSSR count). The van der Waals surface area contributed by atoms with E-state index < -0.39 is 5.97 Å². The number of furan rings is 1. The fraction of sp³-hybridized carbons (Fsp3) is 0.368. The Bertz CT molecular complexity index is 696. The molecule has 0 spiro atoms. The molecule has 0 radical (unpaired) electrons. The first-order valence-corrected chi connectivity index (χ1v) is 8.41. The molecule has 0 saturated carbocycles. The summed E-state index contributed by atoms with van der Waals surface area (Å²) >= 11 is 0. The molecule has 0 unspecified atom stereocenters. The van der Waals surface area contributed by atoms with Crippen LogP contribution >= 0.6 is 0 Å². The molecule has 6 nitrogen and oxygen atoms in total. The SMILES string of the molecule is CCc1cc(C(=O)Nc2ccc(OCCCC(=O)O)cc2)oc1CC. The van der Waals surface area contributed by atoms with Crippen molar-refractivity contribution in [3.63, 3.8) is 0 Å². The summed E-state index contributed by atoms with van der Waals surface area (Å²) < 4.78 is 11.1. The predicted molar refractivity (Wildman–Crippen MR) is 94.2 cm³/mol. The van der Waals surface area contributed by atoms with Crippen LogP contribution in [0.25, 0.3) is 0 Å². The molecule has 0 saturated heterocycles. The van der Waals surface area contributed by atoms with Gasteiger partial charge in [0.1, 0.15) is 11.5 Å². The summed E-state index contributed by atoms with van der Waals surface area (Å²) in [5, 5.41) is 11.4. The van der Waals surface area contributed by atoms with E-state index >= 15 is 0 Å². The van der Waals surface area contributed by atoms with E-state index in [4.69, 9.17) is 14.3 Å². The van der Waals surface area contributed by atoms with Crippen LogP contribution < -0.4 is 10.1 Å². The maximum atomic E-state index is 12.3. The minimum absolute atomic E-state index is 0.0801. The Labute approximate surface area is 146 Å². The quantitative estimate of drug-likeness (QED) is 0.673. The van der Waals surface area contributed by atoms with Gasteiger partial charge in [-0.15, -0.1) is 0 Å². The van der Waals surface area contributed by atoms with Gasteiger partial charge in [-0.25, -0.2) is 0 Å². The number of aryl methyl sites for hydroxylation is 2. The highest BCUT2D eigenvalue weighted by atomic mass is 16.5. The van der Waals surface area contributed by atoms with Crippen LogP contribution in [0.15, 0.2) is 34.7 Å². The van der Waals surface area contributed by atoms with Gasteiger partial charge in [0.2, 0.25) is 0 Å². The average Bonchev–Trinajstić information content (AvgIpc) is 3.03. The topological polar surface area (TPSA) is 88.8 Å². The van der Waals surface area contributed by atoms with Crippen LogP contribution in [0.2, 0.25) is 0 Å². The van der Waals surface area contributed by atoms with E-state index in [0.717, 1.165) is 24.2 Å². The van der Waals surface area contributed by atoms with Gasteiger partial charge in [0.15, 0.2) is 5.76 Å². The molecular weight excluding hydrogens is 322 g/mol. The number of ether oxygens (including phenoxy) is 1. The van der Waals surface area contributed by atoms with Crippen molar-refractivity contribution in [1.82, 2.24) is 0 Å². The highest BCUT2D eigenvalue weighted by molar-refractivity contribution is 6.02. The number of aliphatic carboxylic acids is 1. The van der Waals surface area contributed by atoms with Gasteiger partial charge >= 0.3 is 5.97 Å². The van der Waals surface area contributed by atoms with Crippen LogP contribution in [0, 0.1) is 0 Å². The maximum absolute atomic E-state index is 12.3. The standard InChI is InChI=1S/C19H23NO5/c1-3-13-12-17(25-16(13)4-2)19(23)20-14-7-9-15(10-8-14)24-11-5-6-18(21)22/h7-10,12H,3-6,11H2,1-2H3,(H,20,23)(H,21,22). The molecule has 0 bridgehead atoms.